The second-order valence-electron chi connectivity index (χ2n) is 7.12. The Bertz CT molecular complexity index is 1110. The van der Waals surface area contributed by atoms with Crippen LogP contribution in [-0.2, 0) is 17.9 Å². The van der Waals surface area contributed by atoms with E-state index in [4.69, 9.17) is 0 Å². The fourth-order valence-electron chi connectivity index (χ4n) is 3.63. The molecule has 0 saturated carbocycles. The van der Waals surface area contributed by atoms with Crippen molar-refractivity contribution in [2.24, 2.45) is 0 Å². The van der Waals surface area contributed by atoms with Gasteiger partial charge in [0.05, 0.1) is 11.0 Å². The van der Waals surface area contributed by atoms with Crippen LogP contribution < -0.4 is 11.0 Å². The van der Waals surface area contributed by atoms with Crippen LogP contribution in [0.3, 0.4) is 0 Å². The zero-order valence-electron chi connectivity index (χ0n) is 17.7. The van der Waals surface area contributed by atoms with Crippen molar-refractivity contribution in [1.82, 2.24) is 14.0 Å². The van der Waals surface area contributed by atoms with Gasteiger partial charge >= 0.3 is 5.69 Å². The summed E-state index contributed by atoms with van der Waals surface area (Å²) in [5, 5.41) is 2.82. The number of carbonyl (C=O) groups is 2. The second-order valence-corrected chi connectivity index (χ2v) is 7.12. The molecule has 7 heteroatoms. The molecule has 30 heavy (non-hydrogen) atoms. The number of aryl methyl sites for hydroxylation is 1. The lowest BCUT2D eigenvalue weighted by atomic mass is 10.1. The maximum absolute atomic E-state index is 12.8. The molecule has 1 heterocycles. The highest BCUT2D eigenvalue weighted by atomic mass is 16.2. The van der Waals surface area contributed by atoms with Gasteiger partial charge in [-0.15, -0.1) is 0 Å². The molecule has 0 aliphatic heterocycles. The molecule has 0 spiro atoms. The van der Waals surface area contributed by atoms with Crippen LogP contribution in [-0.4, -0.2) is 38.9 Å². The third-order valence-corrected chi connectivity index (χ3v) is 5.12. The van der Waals surface area contributed by atoms with Gasteiger partial charge in [-0.1, -0.05) is 25.1 Å². The minimum atomic E-state index is -0.316. The highest BCUT2D eigenvalue weighted by molar-refractivity contribution is 5.97. The highest BCUT2D eigenvalue weighted by Gasteiger charge is 2.16. The minimum Gasteiger partial charge on any atom is -0.339 e. The zero-order chi connectivity index (χ0) is 21.7. The first-order valence-electron chi connectivity index (χ1n) is 10.4. The lowest BCUT2D eigenvalue weighted by molar-refractivity contribution is -0.116. The molecule has 2 amide bonds. The van der Waals surface area contributed by atoms with Crippen molar-refractivity contribution >= 4 is 28.5 Å². The molecule has 3 aromatic rings. The Hall–Kier alpha value is -3.35. The Morgan fingerprint density at radius 1 is 0.933 bits per heavy atom. The molecule has 0 fully saturated rings. The fraction of sp³-hybridized carbons (Fsp3) is 0.348. The summed E-state index contributed by atoms with van der Waals surface area (Å²) >= 11 is 0. The van der Waals surface area contributed by atoms with Gasteiger partial charge in [-0.05, 0) is 50.6 Å². The van der Waals surface area contributed by atoms with Crippen LogP contribution in [0, 0.1) is 0 Å². The van der Waals surface area contributed by atoms with E-state index in [0.29, 0.717) is 30.9 Å². The fourth-order valence-corrected chi connectivity index (χ4v) is 3.63. The molecule has 1 aromatic heterocycles. The van der Waals surface area contributed by atoms with Crippen molar-refractivity contribution < 1.29 is 9.59 Å². The van der Waals surface area contributed by atoms with Crippen LogP contribution >= 0.6 is 0 Å². The predicted octanol–water partition coefficient (Wildman–Crippen LogP) is 3.33. The number of hydrogen-bond donors (Lipinski definition) is 1. The molecular formula is C23H28N4O3. The normalized spacial score (nSPS) is 10.9. The number of para-hydroxylation sites is 2. The van der Waals surface area contributed by atoms with E-state index in [2.05, 4.69) is 5.32 Å². The van der Waals surface area contributed by atoms with Gasteiger partial charge in [0.15, 0.2) is 0 Å². The number of aromatic nitrogens is 2. The molecule has 0 aliphatic carbocycles. The van der Waals surface area contributed by atoms with Gasteiger partial charge in [0, 0.05) is 30.9 Å². The molecule has 3 rings (SSSR count). The maximum Gasteiger partial charge on any atom is 0.329 e. The van der Waals surface area contributed by atoms with E-state index < -0.39 is 0 Å². The molecule has 0 unspecified atom stereocenters. The highest BCUT2D eigenvalue weighted by Crippen LogP contribution is 2.15. The predicted molar refractivity (Wildman–Crippen MR) is 119 cm³/mol. The summed E-state index contributed by atoms with van der Waals surface area (Å²) in [6, 6.07) is 14.4. The summed E-state index contributed by atoms with van der Waals surface area (Å²) in [5.74, 6) is -0.390. The average molecular weight is 409 g/mol. The number of rotatable bonds is 8. The number of benzene rings is 2. The molecule has 0 saturated heterocycles. The lowest BCUT2D eigenvalue weighted by Gasteiger charge is -2.19. The molecule has 0 aliphatic rings. The summed E-state index contributed by atoms with van der Waals surface area (Å²) in [5.41, 5.74) is 2.41. The number of imidazole rings is 1. The van der Waals surface area contributed by atoms with E-state index in [0.717, 1.165) is 17.5 Å². The van der Waals surface area contributed by atoms with Gasteiger partial charge < -0.3 is 10.2 Å². The van der Waals surface area contributed by atoms with Crippen molar-refractivity contribution in [3.63, 3.8) is 0 Å². The Morgan fingerprint density at radius 2 is 1.60 bits per heavy atom. The van der Waals surface area contributed by atoms with Crippen LogP contribution in [0.4, 0.5) is 5.69 Å². The second kappa shape index (κ2) is 9.43. The SMILES string of the molecule is CCCn1c(=O)n(CC(=O)Nc2cccc(C(=O)N(CC)CC)c2)c2ccccc21. The molecule has 0 radical (unpaired) electrons. The molecule has 0 bridgehead atoms. The quantitative estimate of drug-likeness (QED) is 0.621. The van der Waals surface area contributed by atoms with Gasteiger partial charge in [0.1, 0.15) is 6.54 Å². The summed E-state index contributed by atoms with van der Waals surface area (Å²) in [6.45, 7) is 7.62. The summed E-state index contributed by atoms with van der Waals surface area (Å²) in [6.07, 6.45) is 0.827. The first-order valence-corrected chi connectivity index (χ1v) is 10.4. The maximum atomic E-state index is 12.8. The topological polar surface area (TPSA) is 76.3 Å². The van der Waals surface area contributed by atoms with E-state index in [-0.39, 0.29) is 24.0 Å². The average Bonchev–Trinajstić information content (AvgIpc) is 3.01. The van der Waals surface area contributed by atoms with E-state index in [1.54, 1.807) is 33.7 Å². The van der Waals surface area contributed by atoms with E-state index in [1.165, 1.54) is 4.57 Å². The molecule has 7 nitrogen and oxygen atoms in total. The number of nitrogens with one attached hydrogen (secondary N) is 1. The standard InChI is InChI=1S/C23H28N4O3/c1-4-14-26-19-12-7-8-13-20(19)27(23(26)30)16-21(28)24-18-11-9-10-17(15-18)22(29)25(5-2)6-3/h7-13,15H,4-6,14,16H2,1-3H3,(H,24,28). The van der Waals surface area contributed by atoms with Crippen molar-refractivity contribution in [1.29, 1.82) is 0 Å². The van der Waals surface area contributed by atoms with E-state index in [1.807, 2.05) is 45.0 Å². The van der Waals surface area contributed by atoms with Crippen molar-refractivity contribution in [3.05, 3.63) is 64.6 Å². The third-order valence-electron chi connectivity index (χ3n) is 5.12. The number of anilines is 1. The molecule has 158 valence electrons. The Morgan fingerprint density at radius 3 is 2.23 bits per heavy atom. The first-order chi connectivity index (χ1) is 14.5. The van der Waals surface area contributed by atoms with Crippen molar-refractivity contribution in [2.75, 3.05) is 18.4 Å². The minimum absolute atomic E-state index is 0.0741. The Labute approximate surface area is 175 Å². The van der Waals surface area contributed by atoms with Crippen LogP contribution in [0.25, 0.3) is 11.0 Å². The number of carbonyl (C=O) groups excluding carboxylic acids is 2. The van der Waals surface area contributed by atoms with Gasteiger partial charge in [0.25, 0.3) is 5.91 Å². The van der Waals surface area contributed by atoms with Crippen molar-refractivity contribution in [2.45, 2.75) is 40.3 Å². The van der Waals surface area contributed by atoms with Gasteiger partial charge in [-0.3, -0.25) is 18.7 Å². The van der Waals surface area contributed by atoms with Crippen LogP contribution in [0.2, 0.25) is 0 Å². The van der Waals surface area contributed by atoms with E-state index >= 15 is 0 Å². The largest absolute Gasteiger partial charge is 0.339 e. The van der Waals surface area contributed by atoms with Gasteiger partial charge in [0.2, 0.25) is 5.91 Å². The molecular weight excluding hydrogens is 380 g/mol. The summed E-state index contributed by atoms with van der Waals surface area (Å²) < 4.78 is 3.19. The van der Waals surface area contributed by atoms with Crippen LogP contribution in [0.15, 0.2) is 53.3 Å². The number of nitrogens with zero attached hydrogens (tertiary/aromatic N) is 3. The Balaban J connectivity index is 1.82. The number of amides is 2. The number of fused-ring (bicyclic) bond motifs is 1. The smallest absolute Gasteiger partial charge is 0.329 e. The van der Waals surface area contributed by atoms with Crippen LogP contribution in [0.1, 0.15) is 37.6 Å². The lowest BCUT2D eigenvalue weighted by Crippen LogP contribution is -2.31. The summed E-state index contributed by atoms with van der Waals surface area (Å²) in [4.78, 5) is 39.8. The first kappa shape index (κ1) is 21.4. The van der Waals surface area contributed by atoms with E-state index in [9.17, 15) is 14.4 Å². The zero-order valence-corrected chi connectivity index (χ0v) is 17.7. The number of hydrogen-bond acceptors (Lipinski definition) is 3. The summed E-state index contributed by atoms with van der Waals surface area (Å²) in [7, 11) is 0. The third kappa shape index (κ3) is 4.30. The molecule has 0 atom stereocenters. The Kier molecular flexibility index (Phi) is 6.72. The monoisotopic (exact) mass is 408 g/mol. The van der Waals surface area contributed by atoms with Crippen molar-refractivity contribution in [3.8, 4) is 0 Å². The molecule has 2 aromatic carbocycles. The van der Waals surface area contributed by atoms with Crippen LogP contribution in [0.5, 0.6) is 0 Å². The van der Waals surface area contributed by atoms with Gasteiger partial charge in [-0.25, -0.2) is 4.79 Å². The molecule has 1 N–H and O–H groups in total. The van der Waals surface area contributed by atoms with Gasteiger partial charge in [-0.2, -0.15) is 0 Å².